The van der Waals surface area contributed by atoms with Crippen molar-refractivity contribution in [3.05, 3.63) is 85.0 Å². The van der Waals surface area contributed by atoms with Crippen molar-refractivity contribution < 1.29 is 4.57 Å². The molecule has 0 atom stereocenters. The summed E-state index contributed by atoms with van der Waals surface area (Å²) < 4.78 is 4.12. The Balaban J connectivity index is 1.56. The maximum atomic E-state index is 4.52. The lowest BCUT2D eigenvalue weighted by Crippen LogP contribution is -2.48. The van der Waals surface area contributed by atoms with Gasteiger partial charge >= 0.3 is 0 Å². The number of fused-ring (bicyclic) bond motifs is 3. The van der Waals surface area contributed by atoms with Crippen LogP contribution >= 0.6 is 0 Å². The molecule has 3 aromatic heterocycles. The van der Waals surface area contributed by atoms with Gasteiger partial charge in [-0.15, -0.1) is 5.10 Å². The summed E-state index contributed by atoms with van der Waals surface area (Å²) in [4.78, 5) is 4.43. The number of unbranched alkanes of at least 4 members (excludes halogenated alkanes) is 1. The first-order valence-electron chi connectivity index (χ1n) is 12.3. The summed E-state index contributed by atoms with van der Waals surface area (Å²) in [6, 6.07) is 15.2. The third kappa shape index (κ3) is 3.56. The molecule has 4 aromatic rings. The number of allylic oxidation sites excluding steroid dienone is 1. The molecule has 0 N–H and O–H groups in total. The zero-order chi connectivity index (χ0) is 23.7. The van der Waals surface area contributed by atoms with Gasteiger partial charge in [-0.1, -0.05) is 38.5 Å². The predicted molar refractivity (Wildman–Crippen MR) is 136 cm³/mol. The molecular formula is C29H32N5+. The molecule has 34 heavy (non-hydrogen) atoms. The highest BCUT2D eigenvalue weighted by atomic mass is 15.4. The summed E-state index contributed by atoms with van der Waals surface area (Å²) in [5, 5.41) is 8.93. The molecule has 1 aliphatic heterocycles. The van der Waals surface area contributed by atoms with Crippen LogP contribution in [0.3, 0.4) is 0 Å². The smallest absolute Gasteiger partial charge is 0.218 e. The average molecular weight is 451 g/mol. The van der Waals surface area contributed by atoms with Gasteiger partial charge in [0.1, 0.15) is 5.69 Å². The Labute approximate surface area is 201 Å². The number of rotatable bonds is 7. The summed E-state index contributed by atoms with van der Waals surface area (Å²) >= 11 is 0. The number of hydrogen-bond acceptors (Lipinski definition) is 3. The van der Waals surface area contributed by atoms with Gasteiger partial charge in [0.15, 0.2) is 11.9 Å². The Morgan fingerprint density at radius 3 is 2.68 bits per heavy atom. The normalized spacial score (nSPS) is 14.0. The van der Waals surface area contributed by atoms with Crippen molar-refractivity contribution >= 4 is 5.70 Å². The van der Waals surface area contributed by atoms with Crippen molar-refractivity contribution in [2.24, 2.45) is 0 Å². The molecule has 0 saturated heterocycles. The minimum atomic E-state index is -0.0784. The number of nitrogens with zero attached hydrogens (tertiary/aromatic N) is 5. The SMILES string of the molecule is C=C1[n+]2ccccc2-c2cc(-n3cc(-c4cncc(CCCC)c4)nn3)ccc2C1(CC)CC. The molecule has 0 fully saturated rings. The van der Waals surface area contributed by atoms with E-state index in [4.69, 9.17) is 0 Å². The summed E-state index contributed by atoms with van der Waals surface area (Å²) in [6.07, 6.45) is 13.3. The Bertz CT molecular complexity index is 1350. The maximum Gasteiger partial charge on any atom is 0.218 e. The average Bonchev–Trinajstić information content (AvgIpc) is 3.39. The first kappa shape index (κ1) is 22.2. The molecule has 0 amide bonds. The van der Waals surface area contributed by atoms with Crippen LogP contribution < -0.4 is 4.57 Å². The monoisotopic (exact) mass is 450 g/mol. The quantitative estimate of drug-likeness (QED) is 0.316. The first-order valence-corrected chi connectivity index (χ1v) is 12.3. The minimum absolute atomic E-state index is 0.0784. The molecule has 4 heterocycles. The molecule has 0 radical (unpaired) electrons. The van der Waals surface area contributed by atoms with Crippen LogP contribution in [0.4, 0.5) is 0 Å². The molecule has 5 rings (SSSR count). The number of benzene rings is 1. The van der Waals surface area contributed by atoms with Crippen LogP contribution in [0.5, 0.6) is 0 Å². The molecule has 172 valence electrons. The molecule has 0 bridgehead atoms. The van der Waals surface area contributed by atoms with Crippen molar-refractivity contribution in [2.45, 2.75) is 58.3 Å². The predicted octanol–water partition coefficient (Wildman–Crippen LogP) is 6.17. The van der Waals surface area contributed by atoms with Crippen LogP contribution in [0.1, 0.15) is 57.6 Å². The van der Waals surface area contributed by atoms with E-state index in [0.29, 0.717) is 0 Å². The fraction of sp³-hybridized carbons (Fsp3) is 0.310. The Hall–Kier alpha value is -3.60. The Morgan fingerprint density at radius 2 is 1.88 bits per heavy atom. The van der Waals surface area contributed by atoms with E-state index >= 15 is 0 Å². The van der Waals surface area contributed by atoms with E-state index in [1.54, 1.807) is 0 Å². The topological polar surface area (TPSA) is 47.5 Å². The summed E-state index contributed by atoms with van der Waals surface area (Å²) in [5.74, 6) is 0. The zero-order valence-electron chi connectivity index (χ0n) is 20.3. The molecule has 5 heteroatoms. The van der Waals surface area contributed by atoms with Gasteiger partial charge in [0, 0.05) is 30.1 Å². The van der Waals surface area contributed by atoms with Gasteiger partial charge in [0.05, 0.1) is 22.9 Å². The summed E-state index contributed by atoms with van der Waals surface area (Å²) in [6.45, 7) is 11.2. The van der Waals surface area contributed by atoms with Crippen LogP contribution in [-0.4, -0.2) is 20.0 Å². The van der Waals surface area contributed by atoms with E-state index in [0.717, 1.165) is 54.0 Å². The lowest BCUT2D eigenvalue weighted by Gasteiger charge is -2.35. The van der Waals surface area contributed by atoms with Gasteiger partial charge < -0.3 is 0 Å². The van der Waals surface area contributed by atoms with E-state index in [1.165, 1.54) is 23.1 Å². The number of pyridine rings is 2. The maximum absolute atomic E-state index is 4.52. The molecule has 5 nitrogen and oxygen atoms in total. The molecule has 0 unspecified atom stereocenters. The van der Waals surface area contributed by atoms with Crippen LogP contribution in [0, 0.1) is 0 Å². The third-order valence-corrected chi connectivity index (χ3v) is 7.37. The molecule has 1 aliphatic rings. The van der Waals surface area contributed by atoms with Crippen molar-refractivity contribution in [1.29, 1.82) is 0 Å². The van der Waals surface area contributed by atoms with Crippen LogP contribution in [0.15, 0.2) is 73.8 Å². The highest BCUT2D eigenvalue weighted by molar-refractivity contribution is 5.74. The fourth-order valence-electron chi connectivity index (χ4n) is 5.29. The Morgan fingerprint density at radius 1 is 1.03 bits per heavy atom. The highest BCUT2D eigenvalue weighted by Gasteiger charge is 2.45. The van der Waals surface area contributed by atoms with E-state index in [9.17, 15) is 0 Å². The molecule has 0 saturated carbocycles. The van der Waals surface area contributed by atoms with Crippen LogP contribution in [0.2, 0.25) is 0 Å². The standard InChI is InChI=1S/C29H32N5/c1-5-8-11-22-16-23(19-30-18-22)27-20-34(32-31-27)24-13-14-26-25(17-24)28-12-9-10-15-33(28)21(4)29(26,6-2)7-3/h9-10,12-20H,4-8,11H2,1-3H3/q+1. The van der Waals surface area contributed by atoms with Crippen LogP contribution in [-0.2, 0) is 11.8 Å². The second kappa shape index (κ2) is 8.98. The summed E-state index contributed by atoms with van der Waals surface area (Å²) in [7, 11) is 0. The van der Waals surface area contributed by atoms with Crippen molar-refractivity contribution in [1.82, 2.24) is 20.0 Å². The second-order valence-corrected chi connectivity index (χ2v) is 9.16. The lowest BCUT2D eigenvalue weighted by atomic mass is 9.69. The number of aryl methyl sites for hydroxylation is 1. The number of hydrogen-bond donors (Lipinski definition) is 0. The molecular weight excluding hydrogens is 418 g/mol. The molecule has 0 aliphatic carbocycles. The van der Waals surface area contributed by atoms with Gasteiger partial charge in [-0.3, -0.25) is 4.98 Å². The van der Waals surface area contributed by atoms with Crippen molar-refractivity contribution in [3.63, 3.8) is 0 Å². The molecule has 0 spiro atoms. The van der Waals surface area contributed by atoms with E-state index < -0.39 is 0 Å². The van der Waals surface area contributed by atoms with E-state index in [2.05, 4.69) is 95.9 Å². The van der Waals surface area contributed by atoms with Crippen molar-refractivity contribution in [2.75, 3.05) is 0 Å². The van der Waals surface area contributed by atoms with Gasteiger partial charge in [-0.2, -0.15) is 4.57 Å². The Kier molecular flexibility index (Phi) is 5.86. The molecule has 1 aromatic carbocycles. The highest BCUT2D eigenvalue weighted by Crippen LogP contribution is 2.46. The van der Waals surface area contributed by atoms with Crippen LogP contribution in [0.25, 0.3) is 33.9 Å². The zero-order valence-corrected chi connectivity index (χ0v) is 20.3. The summed E-state index contributed by atoms with van der Waals surface area (Å²) in [5.41, 5.74) is 8.88. The first-order chi connectivity index (χ1) is 16.6. The van der Waals surface area contributed by atoms with E-state index in [-0.39, 0.29) is 5.41 Å². The van der Waals surface area contributed by atoms with E-state index in [1.807, 2.05) is 23.3 Å². The van der Waals surface area contributed by atoms with Crippen molar-refractivity contribution in [3.8, 4) is 28.2 Å². The number of aromatic nitrogens is 5. The van der Waals surface area contributed by atoms with Gasteiger partial charge in [-0.25, -0.2) is 4.68 Å². The minimum Gasteiger partial charge on any atom is -0.264 e. The largest absolute Gasteiger partial charge is 0.264 e. The fourth-order valence-corrected chi connectivity index (χ4v) is 5.29. The lowest BCUT2D eigenvalue weighted by molar-refractivity contribution is -0.577. The third-order valence-electron chi connectivity index (χ3n) is 7.37. The van der Waals surface area contributed by atoms with Gasteiger partial charge in [0.25, 0.3) is 0 Å². The second-order valence-electron chi connectivity index (χ2n) is 9.16. The van der Waals surface area contributed by atoms with Gasteiger partial charge in [0.2, 0.25) is 5.69 Å². The van der Waals surface area contributed by atoms with Gasteiger partial charge in [-0.05, 0) is 67.7 Å².